The Hall–Kier alpha value is -2.14. The third kappa shape index (κ3) is 5.21. The first-order valence-electron chi connectivity index (χ1n) is 7.60. The van der Waals surface area contributed by atoms with Crippen LogP contribution in [0.4, 0.5) is 0 Å². The fraction of sp³-hybridized carbons (Fsp3) is 0.333. The predicted molar refractivity (Wildman–Crippen MR) is 92.0 cm³/mol. The zero-order valence-electron chi connectivity index (χ0n) is 13.4. The lowest BCUT2D eigenvalue weighted by Gasteiger charge is -2.06. The number of nitrogens with one attached hydrogen (secondary N) is 1. The van der Waals surface area contributed by atoms with Gasteiger partial charge >= 0.3 is 5.97 Å². The minimum atomic E-state index is -0.945. The van der Waals surface area contributed by atoms with Crippen LogP contribution in [0.25, 0.3) is 0 Å². The van der Waals surface area contributed by atoms with Gasteiger partial charge in [-0.1, -0.05) is 12.1 Å². The molecule has 0 fully saturated rings. The lowest BCUT2D eigenvalue weighted by atomic mass is 10.1. The first-order valence-corrected chi connectivity index (χ1v) is 8.42. The van der Waals surface area contributed by atoms with Gasteiger partial charge in [-0.2, -0.15) is 0 Å². The maximum Gasteiger partial charge on any atom is 0.335 e. The number of carbonyl (C=O) groups excluding carboxylic acids is 1. The number of benzene rings is 1. The predicted octanol–water partition coefficient (Wildman–Crippen LogP) is 3.70. The Morgan fingerprint density at radius 3 is 2.43 bits per heavy atom. The van der Waals surface area contributed by atoms with E-state index >= 15 is 0 Å². The third-order valence-corrected chi connectivity index (χ3v) is 4.69. The van der Waals surface area contributed by atoms with Crippen LogP contribution in [0.3, 0.4) is 0 Å². The smallest absolute Gasteiger partial charge is 0.335 e. The van der Waals surface area contributed by atoms with E-state index in [4.69, 9.17) is 5.11 Å². The van der Waals surface area contributed by atoms with E-state index in [0.717, 1.165) is 18.4 Å². The van der Waals surface area contributed by atoms with Crippen LogP contribution in [-0.2, 0) is 17.8 Å². The number of hydrogen-bond donors (Lipinski definition) is 2. The average Bonchev–Trinajstić information content (AvgIpc) is 2.83. The molecular formula is C18H21NO3S. The highest BCUT2D eigenvalue weighted by Crippen LogP contribution is 2.22. The molecule has 0 saturated heterocycles. The molecule has 1 amide bonds. The van der Waals surface area contributed by atoms with Gasteiger partial charge < -0.3 is 10.4 Å². The summed E-state index contributed by atoms with van der Waals surface area (Å²) in [5.74, 6) is -0.920. The zero-order chi connectivity index (χ0) is 16.8. The summed E-state index contributed by atoms with van der Waals surface area (Å²) in [5.41, 5.74) is 2.48. The summed E-state index contributed by atoms with van der Waals surface area (Å²) >= 11 is 1.80. The van der Waals surface area contributed by atoms with Gasteiger partial charge in [0.25, 0.3) is 0 Å². The van der Waals surface area contributed by atoms with Crippen LogP contribution >= 0.6 is 11.3 Å². The maximum absolute atomic E-state index is 11.9. The largest absolute Gasteiger partial charge is 0.478 e. The number of carboxylic acid groups (broad SMARTS) is 1. The van der Waals surface area contributed by atoms with Gasteiger partial charge in [0.1, 0.15) is 0 Å². The Morgan fingerprint density at radius 1 is 1.17 bits per heavy atom. The Labute approximate surface area is 140 Å². The van der Waals surface area contributed by atoms with Crippen molar-refractivity contribution in [2.45, 2.75) is 39.7 Å². The standard InChI is InChI=1S/C18H21NO3S/c1-12-10-16(13(2)23-12)4-3-5-17(20)19-11-14-6-8-15(9-7-14)18(21)22/h6-10H,3-5,11H2,1-2H3,(H,19,20)(H,21,22). The first kappa shape index (κ1) is 17.2. The van der Waals surface area contributed by atoms with E-state index in [1.807, 2.05) is 0 Å². The highest BCUT2D eigenvalue weighted by atomic mass is 32.1. The van der Waals surface area contributed by atoms with Gasteiger partial charge in [0.15, 0.2) is 0 Å². The SMILES string of the molecule is Cc1cc(CCCC(=O)NCc2ccc(C(=O)O)cc2)c(C)s1. The fourth-order valence-corrected chi connectivity index (χ4v) is 3.40. The third-order valence-electron chi connectivity index (χ3n) is 3.68. The molecule has 23 heavy (non-hydrogen) atoms. The number of carbonyl (C=O) groups is 2. The minimum absolute atomic E-state index is 0.0249. The number of aromatic carboxylic acids is 1. The zero-order valence-corrected chi connectivity index (χ0v) is 14.2. The lowest BCUT2D eigenvalue weighted by molar-refractivity contribution is -0.121. The van der Waals surface area contributed by atoms with Gasteiger partial charge in [-0.3, -0.25) is 4.79 Å². The normalized spacial score (nSPS) is 10.5. The summed E-state index contributed by atoms with van der Waals surface area (Å²) in [6, 6.07) is 8.74. The second-order valence-electron chi connectivity index (χ2n) is 5.57. The minimum Gasteiger partial charge on any atom is -0.478 e. The lowest BCUT2D eigenvalue weighted by Crippen LogP contribution is -2.22. The molecule has 1 aromatic heterocycles. The van der Waals surface area contributed by atoms with Crippen molar-refractivity contribution in [3.8, 4) is 0 Å². The molecule has 2 aromatic rings. The van der Waals surface area contributed by atoms with E-state index in [1.54, 1.807) is 35.6 Å². The number of hydrogen-bond acceptors (Lipinski definition) is 3. The monoisotopic (exact) mass is 331 g/mol. The first-order chi connectivity index (χ1) is 11.0. The van der Waals surface area contributed by atoms with E-state index < -0.39 is 5.97 Å². The summed E-state index contributed by atoms with van der Waals surface area (Å²) in [6.45, 7) is 4.65. The van der Waals surface area contributed by atoms with Gasteiger partial charge in [-0.05, 0) is 56.0 Å². The summed E-state index contributed by atoms with van der Waals surface area (Å²) in [4.78, 5) is 25.3. The van der Waals surface area contributed by atoms with Crippen molar-refractivity contribution in [2.75, 3.05) is 0 Å². The van der Waals surface area contributed by atoms with Crippen LogP contribution in [0.1, 0.15) is 44.1 Å². The van der Waals surface area contributed by atoms with Crippen LogP contribution in [0.15, 0.2) is 30.3 Å². The van der Waals surface area contributed by atoms with E-state index in [-0.39, 0.29) is 11.5 Å². The van der Waals surface area contributed by atoms with E-state index in [9.17, 15) is 9.59 Å². The average molecular weight is 331 g/mol. The molecule has 1 heterocycles. The molecule has 4 nitrogen and oxygen atoms in total. The van der Waals surface area contributed by atoms with Gasteiger partial charge in [-0.25, -0.2) is 4.79 Å². The number of thiophene rings is 1. The Bertz CT molecular complexity index is 689. The molecule has 0 bridgehead atoms. The van der Waals surface area contributed by atoms with Crippen molar-refractivity contribution >= 4 is 23.2 Å². The van der Waals surface area contributed by atoms with Crippen molar-refractivity contribution in [1.82, 2.24) is 5.32 Å². The van der Waals surface area contributed by atoms with Crippen LogP contribution in [0, 0.1) is 13.8 Å². The van der Waals surface area contributed by atoms with Crippen molar-refractivity contribution in [1.29, 1.82) is 0 Å². The molecule has 5 heteroatoms. The molecule has 0 spiro atoms. The van der Waals surface area contributed by atoms with E-state index in [0.29, 0.717) is 13.0 Å². The molecule has 0 saturated carbocycles. The summed E-state index contributed by atoms with van der Waals surface area (Å²) < 4.78 is 0. The molecule has 2 rings (SSSR count). The van der Waals surface area contributed by atoms with Crippen molar-refractivity contribution < 1.29 is 14.7 Å². The second-order valence-corrected chi connectivity index (χ2v) is 7.03. The molecule has 0 aliphatic rings. The van der Waals surface area contributed by atoms with Gasteiger partial charge in [0.2, 0.25) is 5.91 Å². The number of rotatable bonds is 7. The van der Waals surface area contributed by atoms with Crippen LogP contribution in [0.5, 0.6) is 0 Å². The van der Waals surface area contributed by atoms with Gasteiger partial charge in [-0.15, -0.1) is 11.3 Å². The Kier molecular flexibility index (Phi) is 5.93. The van der Waals surface area contributed by atoms with E-state index in [1.165, 1.54) is 15.3 Å². The van der Waals surface area contributed by atoms with Crippen molar-refractivity contribution in [3.63, 3.8) is 0 Å². The molecular weight excluding hydrogens is 310 g/mol. The summed E-state index contributed by atoms with van der Waals surface area (Å²) in [6.07, 6.45) is 2.26. The molecule has 122 valence electrons. The summed E-state index contributed by atoms with van der Waals surface area (Å²) in [7, 11) is 0. The molecule has 0 atom stereocenters. The topological polar surface area (TPSA) is 66.4 Å². The van der Waals surface area contributed by atoms with Crippen molar-refractivity contribution in [3.05, 3.63) is 56.8 Å². The number of amides is 1. The quantitative estimate of drug-likeness (QED) is 0.813. The van der Waals surface area contributed by atoms with Crippen LogP contribution < -0.4 is 5.32 Å². The van der Waals surface area contributed by atoms with Crippen molar-refractivity contribution in [2.24, 2.45) is 0 Å². The molecule has 0 radical (unpaired) electrons. The Balaban J connectivity index is 1.72. The van der Waals surface area contributed by atoms with E-state index in [2.05, 4.69) is 25.2 Å². The highest BCUT2D eigenvalue weighted by Gasteiger charge is 2.06. The van der Waals surface area contributed by atoms with Crippen LogP contribution in [0.2, 0.25) is 0 Å². The Morgan fingerprint density at radius 2 is 1.87 bits per heavy atom. The number of carboxylic acids is 1. The molecule has 0 aliphatic heterocycles. The number of aryl methyl sites for hydroxylation is 3. The molecule has 1 aromatic carbocycles. The summed E-state index contributed by atoms with van der Waals surface area (Å²) in [5, 5.41) is 11.7. The maximum atomic E-state index is 11.9. The molecule has 0 aliphatic carbocycles. The van der Waals surface area contributed by atoms with Gasteiger partial charge in [0.05, 0.1) is 5.56 Å². The van der Waals surface area contributed by atoms with Crippen LogP contribution in [-0.4, -0.2) is 17.0 Å². The highest BCUT2D eigenvalue weighted by molar-refractivity contribution is 7.12. The fourth-order valence-electron chi connectivity index (χ4n) is 2.43. The molecule has 0 unspecified atom stereocenters. The molecule has 2 N–H and O–H groups in total. The van der Waals surface area contributed by atoms with Gasteiger partial charge in [0, 0.05) is 22.7 Å². The second kappa shape index (κ2) is 7.92.